The Morgan fingerprint density at radius 3 is 2.27 bits per heavy atom. The number of nitrogen functional groups attached to an aromatic ring is 3. The Morgan fingerprint density at radius 2 is 1.73 bits per heavy atom. The second-order valence-electron chi connectivity index (χ2n) is 2.44. The lowest BCUT2D eigenvalue weighted by Crippen LogP contribution is -2.01. The molecule has 1 aromatic rings. The summed E-state index contributed by atoms with van der Waals surface area (Å²) < 4.78 is 0. The summed E-state index contributed by atoms with van der Waals surface area (Å²) in [5, 5.41) is 9.12. The first kappa shape index (κ1) is 7.53. The summed E-state index contributed by atoms with van der Waals surface area (Å²) in [5.74, 6) is -0.0643. The van der Waals surface area contributed by atoms with Crippen molar-refractivity contribution in [1.29, 1.82) is 0 Å². The molecule has 0 aliphatic carbocycles. The summed E-state index contributed by atoms with van der Waals surface area (Å²) in [4.78, 5) is 0. The van der Waals surface area contributed by atoms with E-state index in [1.165, 1.54) is 6.07 Å². The number of anilines is 3. The van der Waals surface area contributed by atoms with Crippen LogP contribution in [0.5, 0.6) is 5.75 Å². The van der Waals surface area contributed by atoms with Crippen LogP contribution in [0.3, 0.4) is 0 Å². The molecule has 0 aliphatic heterocycles. The van der Waals surface area contributed by atoms with Crippen molar-refractivity contribution < 1.29 is 5.11 Å². The molecule has 0 unspecified atom stereocenters. The highest BCUT2D eigenvalue weighted by atomic mass is 16.3. The Balaban J connectivity index is 3.46. The van der Waals surface area contributed by atoms with Gasteiger partial charge in [-0.2, -0.15) is 0 Å². The lowest BCUT2D eigenvalue weighted by atomic mass is 10.1. The smallest absolute Gasteiger partial charge is 0.142 e. The Labute approximate surface area is 64.6 Å². The van der Waals surface area contributed by atoms with Gasteiger partial charge in [0.2, 0.25) is 0 Å². The molecule has 0 amide bonds. The predicted octanol–water partition coefficient (Wildman–Crippen LogP) is 0.447. The summed E-state index contributed by atoms with van der Waals surface area (Å²) in [5.41, 5.74) is 18.1. The topological polar surface area (TPSA) is 98.3 Å². The van der Waals surface area contributed by atoms with E-state index in [1.54, 1.807) is 6.92 Å². The highest BCUT2D eigenvalue weighted by Crippen LogP contribution is 2.33. The molecule has 0 spiro atoms. The molecule has 0 aliphatic rings. The Hall–Kier alpha value is -1.58. The van der Waals surface area contributed by atoms with Gasteiger partial charge in [0, 0.05) is 11.8 Å². The number of hydrogen-bond donors (Lipinski definition) is 4. The lowest BCUT2D eigenvalue weighted by molar-refractivity contribution is 0.478. The molecule has 0 bridgehead atoms. The van der Waals surface area contributed by atoms with E-state index in [4.69, 9.17) is 22.3 Å². The zero-order chi connectivity index (χ0) is 8.59. The van der Waals surface area contributed by atoms with Crippen LogP contribution in [0.4, 0.5) is 17.1 Å². The zero-order valence-electron chi connectivity index (χ0n) is 6.26. The van der Waals surface area contributed by atoms with Crippen LogP contribution in [-0.4, -0.2) is 5.11 Å². The largest absolute Gasteiger partial charge is 0.506 e. The van der Waals surface area contributed by atoms with Crippen molar-refractivity contribution in [3.8, 4) is 5.75 Å². The highest BCUT2D eigenvalue weighted by Gasteiger charge is 2.06. The minimum Gasteiger partial charge on any atom is -0.506 e. The summed E-state index contributed by atoms with van der Waals surface area (Å²) in [6, 6.07) is 1.39. The van der Waals surface area contributed by atoms with Gasteiger partial charge in [0.15, 0.2) is 0 Å². The maximum atomic E-state index is 9.12. The van der Waals surface area contributed by atoms with Gasteiger partial charge < -0.3 is 22.3 Å². The molecule has 60 valence electrons. The molecule has 4 heteroatoms. The van der Waals surface area contributed by atoms with Gasteiger partial charge in [0.1, 0.15) is 5.75 Å². The molecule has 1 aromatic carbocycles. The second kappa shape index (κ2) is 2.23. The molecule has 0 atom stereocenters. The predicted molar refractivity (Wildman–Crippen MR) is 46.1 cm³/mol. The standard InChI is InChI=1S/C7H11N3O/c1-3-4(8)2-5(11)7(10)6(3)9/h2,11H,8-10H2,1H3. The fourth-order valence-corrected chi connectivity index (χ4v) is 0.829. The summed E-state index contributed by atoms with van der Waals surface area (Å²) in [7, 11) is 0. The van der Waals surface area contributed by atoms with E-state index in [0.29, 0.717) is 16.9 Å². The van der Waals surface area contributed by atoms with Gasteiger partial charge >= 0.3 is 0 Å². The van der Waals surface area contributed by atoms with Crippen LogP contribution in [0, 0.1) is 6.92 Å². The third kappa shape index (κ3) is 1.02. The number of nitrogens with two attached hydrogens (primary N) is 3. The molecule has 11 heavy (non-hydrogen) atoms. The number of benzene rings is 1. The van der Waals surface area contributed by atoms with Crippen molar-refractivity contribution in [2.24, 2.45) is 0 Å². The van der Waals surface area contributed by atoms with Gasteiger partial charge in [-0.15, -0.1) is 0 Å². The van der Waals surface area contributed by atoms with Crippen molar-refractivity contribution in [1.82, 2.24) is 0 Å². The highest BCUT2D eigenvalue weighted by molar-refractivity contribution is 5.79. The van der Waals surface area contributed by atoms with Gasteiger partial charge in [-0.3, -0.25) is 0 Å². The van der Waals surface area contributed by atoms with Crippen LogP contribution in [0.2, 0.25) is 0 Å². The molecular weight excluding hydrogens is 142 g/mol. The maximum Gasteiger partial charge on any atom is 0.142 e. The molecule has 0 saturated heterocycles. The molecule has 0 saturated carbocycles. The van der Waals surface area contributed by atoms with E-state index in [0.717, 1.165) is 0 Å². The van der Waals surface area contributed by atoms with Crippen molar-refractivity contribution in [3.63, 3.8) is 0 Å². The minimum atomic E-state index is -0.0643. The molecule has 4 nitrogen and oxygen atoms in total. The maximum absolute atomic E-state index is 9.12. The van der Waals surface area contributed by atoms with Gasteiger partial charge in [0.25, 0.3) is 0 Å². The van der Waals surface area contributed by atoms with Gasteiger partial charge in [0.05, 0.1) is 11.4 Å². The minimum absolute atomic E-state index is 0.0643. The molecule has 7 N–H and O–H groups in total. The van der Waals surface area contributed by atoms with E-state index in [9.17, 15) is 0 Å². The quantitative estimate of drug-likeness (QED) is 0.321. The normalized spacial score (nSPS) is 9.91. The van der Waals surface area contributed by atoms with E-state index >= 15 is 0 Å². The van der Waals surface area contributed by atoms with Gasteiger partial charge in [-0.05, 0) is 12.5 Å². The summed E-state index contributed by atoms with van der Waals surface area (Å²) in [6.07, 6.45) is 0. The van der Waals surface area contributed by atoms with Crippen molar-refractivity contribution in [2.75, 3.05) is 17.2 Å². The van der Waals surface area contributed by atoms with Crippen LogP contribution < -0.4 is 17.2 Å². The van der Waals surface area contributed by atoms with E-state index in [1.807, 2.05) is 0 Å². The summed E-state index contributed by atoms with van der Waals surface area (Å²) in [6.45, 7) is 1.75. The third-order valence-electron chi connectivity index (χ3n) is 1.70. The van der Waals surface area contributed by atoms with Gasteiger partial charge in [-0.1, -0.05) is 0 Å². The average Bonchev–Trinajstić information content (AvgIpc) is 1.97. The lowest BCUT2D eigenvalue weighted by Gasteiger charge is -2.08. The van der Waals surface area contributed by atoms with E-state index < -0.39 is 0 Å². The number of rotatable bonds is 0. The van der Waals surface area contributed by atoms with E-state index in [-0.39, 0.29) is 11.4 Å². The van der Waals surface area contributed by atoms with Crippen LogP contribution in [0.1, 0.15) is 5.56 Å². The molecule has 0 aromatic heterocycles. The van der Waals surface area contributed by atoms with Crippen molar-refractivity contribution >= 4 is 17.1 Å². The Morgan fingerprint density at radius 1 is 1.18 bits per heavy atom. The first-order valence-corrected chi connectivity index (χ1v) is 3.17. The number of phenols is 1. The Bertz CT molecular complexity index is 270. The average molecular weight is 153 g/mol. The molecule has 1 rings (SSSR count). The fourth-order valence-electron chi connectivity index (χ4n) is 0.829. The molecular formula is C7H11N3O. The van der Waals surface area contributed by atoms with Crippen molar-refractivity contribution in [2.45, 2.75) is 6.92 Å². The first-order chi connectivity index (χ1) is 5.04. The van der Waals surface area contributed by atoms with Crippen molar-refractivity contribution in [3.05, 3.63) is 11.6 Å². The SMILES string of the molecule is Cc1c(N)cc(O)c(N)c1N. The van der Waals surface area contributed by atoms with Crippen LogP contribution in [-0.2, 0) is 0 Å². The first-order valence-electron chi connectivity index (χ1n) is 3.17. The third-order valence-corrected chi connectivity index (χ3v) is 1.70. The molecule has 0 heterocycles. The molecule has 0 radical (unpaired) electrons. The van der Waals surface area contributed by atoms with Gasteiger partial charge in [-0.25, -0.2) is 0 Å². The monoisotopic (exact) mass is 153 g/mol. The second-order valence-corrected chi connectivity index (χ2v) is 2.44. The van der Waals surface area contributed by atoms with E-state index in [2.05, 4.69) is 0 Å². The number of aromatic hydroxyl groups is 1. The molecule has 0 fully saturated rings. The fraction of sp³-hybridized carbons (Fsp3) is 0.143. The van der Waals surface area contributed by atoms with Crippen LogP contribution in [0.15, 0.2) is 6.07 Å². The number of hydrogen-bond acceptors (Lipinski definition) is 4. The summed E-state index contributed by atoms with van der Waals surface area (Å²) >= 11 is 0. The number of phenolic OH excluding ortho intramolecular Hbond substituents is 1. The Kier molecular flexibility index (Phi) is 1.53. The zero-order valence-corrected chi connectivity index (χ0v) is 6.26. The van der Waals surface area contributed by atoms with Crippen LogP contribution >= 0.6 is 0 Å². The van der Waals surface area contributed by atoms with Crippen LogP contribution in [0.25, 0.3) is 0 Å².